The van der Waals surface area contributed by atoms with E-state index in [1.54, 1.807) is 18.3 Å². The Hall–Kier alpha value is -4.44. The maximum Gasteiger partial charge on any atom is 0.126 e. The predicted octanol–water partition coefficient (Wildman–Crippen LogP) is 8.98. The molecule has 4 nitrogen and oxygen atoms in total. The minimum absolute atomic E-state index is 0.184. The second kappa shape index (κ2) is 10.5. The van der Waals surface area contributed by atoms with Gasteiger partial charge in [0, 0.05) is 10.9 Å². The molecule has 0 spiro atoms. The van der Waals surface area contributed by atoms with E-state index in [1.165, 1.54) is 16.7 Å². The minimum atomic E-state index is 0.184. The highest BCUT2D eigenvalue weighted by atomic mass is 16.3. The summed E-state index contributed by atoms with van der Waals surface area (Å²) in [6, 6.07) is 29.1. The van der Waals surface area contributed by atoms with Gasteiger partial charge in [-0.25, -0.2) is 4.98 Å². The zero-order valence-electron chi connectivity index (χ0n) is 22.2. The lowest BCUT2D eigenvalue weighted by atomic mass is 9.84. The molecule has 1 aromatic heterocycles. The highest BCUT2D eigenvalue weighted by molar-refractivity contribution is 6.02. The molecule has 2 N–H and O–H groups in total. The fourth-order valence-electron chi connectivity index (χ4n) is 5.02. The van der Waals surface area contributed by atoms with Crippen LogP contribution in [-0.2, 0) is 0 Å². The summed E-state index contributed by atoms with van der Waals surface area (Å²) in [5.74, 6) is 1.11. The van der Waals surface area contributed by atoms with E-state index in [4.69, 9.17) is 4.99 Å². The number of aliphatic imine (C=N–C) groups is 1. The molecule has 5 aromatic rings. The number of fused-ring (bicyclic) bond motifs is 1. The van der Waals surface area contributed by atoms with Crippen LogP contribution in [0.15, 0.2) is 96.0 Å². The second-order valence-electron chi connectivity index (χ2n) is 10.2. The molecule has 0 aliphatic carbocycles. The first-order valence-corrected chi connectivity index (χ1v) is 13.0. The average Bonchev–Trinajstić information content (AvgIpc) is 2.91. The number of aromatic nitrogens is 1. The van der Waals surface area contributed by atoms with Crippen molar-refractivity contribution in [1.29, 1.82) is 0 Å². The summed E-state index contributed by atoms with van der Waals surface area (Å²) >= 11 is 0. The molecule has 190 valence electrons. The number of phenols is 2. The molecule has 0 aliphatic heterocycles. The third kappa shape index (κ3) is 4.90. The van der Waals surface area contributed by atoms with Gasteiger partial charge in [-0.05, 0) is 81.9 Å². The lowest BCUT2D eigenvalue weighted by Gasteiger charge is -2.20. The third-order valence-corrected chi connectivity index (χ3v) is 6.88. The van der Waals surface area contributed by atoms with Crippen molar-refractivity contribution in [3.63, 3.8) is 0 Å². The van der Waals surface area contributed by atoms with E-state index in [0.29, 0.717) is 39.9 Å². The number of hydrogen-bond donors (Lipinski definition) is 2. The number of phenolic OH excluding ortho intramolecular Hbond substituents is 2. The standard InChI is InChI=1S/C34H32N2O2/c1-21(2)26-13-9-14-27(22(3)4)33(26)24-18-23-10-7-16-30(34(23)32(38)19-24)35-20-25-11-8-15-29(36-25)28-12-5-6-17-31(28)37/h5-22,37-38H,1-4H3. The molecule has 0 aliphatic rings. The summed E-state index contributed by atoms with van der Waals surface area (Å²) in [5.41, 5.74) is 7.44. The van der Waals surface area contributed by atoms with Gasteiger partial charge in [0.2, 0.25) is 0 Å². The summed E-state index contributed by atoms with van der Waals surface area (Å²) in [7, 11) is 0. The van der Waals surface area contributed by atoms with Crippen LogP contribution >= 0.6 is 0 Å². The Kier molecular flexibility index (Phi) is 6.97. The summed E-state index contributed by atoms with van der Waals surface area (Å²) in [6.45, 7) is 8.83. The molecule has 0 bridgehead atoms. The van der Waals surface area contributed by atoms with Crippen LogP contribution in [0.2, 0.25) is 0 Å². The first-order valence-electron chi connectivity index (χ1n) is 13.0. The van der Waals surface area contributed by atoms with Crippen LogP contribution in [0.4, 0.5) is 5.69 Å². The Morgan fingerprint density at radius 3 is 2.11 bits per heavy atom. The van der Waals surface area contributed by atoms with Crippen LogP contribution < -0.4 is 0 Å². The second-order valence-corrected chi connectivity index (χ2v) is 10.2. The number of hydrogen-bond acceptors (Lipinski definition) is 4. The highest BCUT2D eigenvalue weighted by Crippen LogP contribution is 2.42. The molecule has 0 amide bonds. The quantitative estimate of drug-likeness (QED) is 0.229. The molecule has 0 saturated carbocycles. The smallest absolute Gasteiger partial charge is 0.126 e. The van der Waals surface area contributed by atoms with Crippen molar-refractivity contribution in [2.75, 3.05) is 0 Å². The van der Waals surface area contributed by atoms with E-state index in [2.05, 4.69) is 56.9 Å². The van der Waals surface area contributed by atoms with Crippen molar-refractivity contribution in [3.8, 4) is 33.9 Å². The van der Waals surface area contributed by atoms with E-state index in [-0.39, 0.29) is 11.5 Å². The van der Waals surface area contributed by atoms with Gasteiger partial charge >= 0.3 is 0 Å². The number of rotatable bonds is 6. The first kappa shape index (κ1) is 25.2. The van der Waals surface area contributed by atoms with Gasteiger partial charge < -0.3 is 10.2 Å². The van der Waals surface area contributed by atoms with Crippen LogP contribution in [0.5, 0.6) is 11.5 Å². The molecule has 1 heterocycles. The molecule has 4 heteroatoms. The van der Waals surface area contributed by atoms with Gasteiger partial charge in [0.05, 0.1) is 23.3 Å². The van der Waals surface area contributed by atoms with Crippen molar-refractivity contribution in [2.24, 2.45) is 4.99 Å². The Morgan fingerprint density at radius 1 is 0.711 bits per heavy atom. The minimum Gasteiger partial charge on any atom is -0.507 e. The fourth-order valence-corrected chi connectivity index (χ4v) is 5.02. The molecular weight excluding hydrogens is 468 g/mol. The van der Waals surface area contributed by atoms with Gasteiger partial charge in [-0.2, -0.15) is 0 Å². The highest BCUT2D eigenvalue weighted by Gasteiger charge is 2.18. The average molecular weight is 501 g/mol. The fraction of sp³-hybridized carbons (Fsp3) is 0.176. The largest absolute Gasteiger partial charge is 0.507 e. The van der Waals surface area contributed by atoms with E-state index < -0.39 is 0 Å². The number of aromatic hydroxyl groups is 2. The molecule has 0 saturated heterocycles. The topological polar surface area (TPSA) is 65.7 Å². The van der Waals surface area contributed by atoms with E-state index in [0.717, 1.165) is 10.9 Å². The number of pyridine rings is 1. The van der Waals surface area contributed by atoms with Crippen molar-refractivity contribution in [1.82, 2.24) is 4.98 Å². The third-order valence-electron chi connectivity index (χ3n) is 6.88. The molecule has 0 atom stereocenters. The molecule has 5 rings (SSSR count). The van der Waals surface area contributed by atoms with Gasteiger partial charge in [0.15, 0.2) is 0 Å². The molecule has 0 unspecified atom stereocenters. The Morgan fingerprint density at radius 2 is 1.39 bits per heavy atom. The lowest BCUT2D eigenvalue weighted by Crippen LogP contribution is -1.99. The van der Waals surface area contributed by atoms with Crippen molar-refractivity contribution in [3.05, 3.63) is 108 Å². The molecule has 38 heavy (non-hydrogen) atoms. The monoisotopic (exact) mass is 500 g/mol. The summed E-state index contributed by atoms with van der Waals surface area (Å²) in [4.78, 5) is 9.36. The summed E-state index contributed by atoms with van der Waals surface area (Å²) < 4.78 is 0. The number of nitrogens with zero attached hydrogens (tertiary/aromatic N) is 2. The number of benzene rings is 4. The normalized spacial score (nSPS) is 11.7. The van der Waals surface area contributed by atoms with Crippen molar-refractivity contribution in [2.45, 2.75) is 39.5 Å². The maximum absolute atomic E-state index is 11.3. The number of para-hydroxylation sites is 1. The van der Waals surface area contributed by atoms with E-state index in [1.807, 2.05) is 54.6 Å². The van der Waals surface area contributed by atoms with Gasteiger partial charge in [-0.15, -0.1) is 0 Å². The molecule has 4 aromatic carbocycles. The summed E-state index contributed by atoms with van der Waals surface area (Å²) in [6.07, 6.45) is 1.69. The maximum atomic E-state index is 11.3. The van der Waals surface area contributed by atoms with Crippen molar-refractivity contribution >= 4 is 22.7 Å². The Bertz CT molecular complexity index is 1620. The van der Waals surface area contributed by atoms with Gasteiger partial charge in [0.25, 0.3) is 0 Å². The van der Waals surface area contributed by atoms with Crippen LogP contribution in [-0.4, -0.2) is 21.4 Å². The molecular formula is C34H32N2O2. The van der Waals surface area contributed by atoms with Gasteiger partial charge in [-0.3, -0.25) is 4.99 Å². The predicted molar refractivity (Wildman–Crippen MR) is 158 cm³/mol. The van der Waals surface area contributed by atoms with Crippen LogP contribution in [0.3, 0.4) is 0 Å². The van der Waals surface area contributed by atoms with Gasteiger partial charge in [-0.1, -0.05) is 76.2 Å². The first-order chi connectivity index (χ1) is 18.3. The lowest BCUT2D eigenvalue weighted by molar-refractivity contribution is 0.477. The van der Waals surface area contributed by atoms with E-state index >= 15 is 0 Å². The van der Waals surface area contributed by atoms with Crippen LogP contribution in [0.1, 0.15) is 56.4 Å². The summed E-state index contributed by atoms with van der Waals surface area (Å²) in [5, 5.41) is 23.1. The van der Waals surface area contributed by atoms with Gasteiger partial charge in [0.1, 0.15) is 11.5 Å². The van der Waals surface area contributed by atoms with Crippen LogP contribution in [0, 0.1) is 0 Å². The zero-order chi connectivity index (χ0) is 26.8. The molecule has 0 fully saturated rings. The Labute approximate surface area is 224 Å². The Balaban J connectivity index is 1.57. The van der Waals surface area contributed by atoms with Crippen molar-refractivity contribution < 1.29 is 10.2 Å². The van der Waals surface area contributed by atoms with E-state index in [9.17, 15) is 10.2 Å². The SMILES string of the molecule is CC(C)c1cccc(C(C)C)c1-c1cc(O)c2c(N=Cc3cccc(-c4ccccc4O)n3)cccc2c1. The van der Waals surface area contributed by atoms with Crippen LogP contribution in [0.25, 0.3) is 33.2 Å². The zero-order valence-corrected chi connectivity index (χ0v) is 22.2. The molecule has 0 radical (unpaired) electrons.